The van der Waals surface area contributed by atoms with Gasteiger partial charge in [0.25, 0.3) is 0 Å². The highest BCUT2D eigenvalue weighted by atomic mass is 16.5. The van der Waals surface area contributed by atoms with Crippen molar-refractivity contribution in [1.29, 1.82) is 0 Å². The zero-order chi connectivity index (χ0) is 20.2. The first kappa shape index (κ1) is 19.0. The molecule has 3 N–H and O–H groups in total. The van der Waals surface area contributed by atoms with Crippen molar-refractivity contribution in [3.05, 3.63) is 93.7 Å². The van der Waals surface area contributed by atoms with E-state index in [0.717, 1.165) is 13.0 Å². The van der Waals surface area contributed by atoms with E-state index in [1.54, 1.807) is 31.4 Å². The summed E-state index contributed by atoms with van der Waals surface area (Å²) in [6.45, 7) is 0.755. The molecule has 0 fully saturated rings. The van der Waals surface area contributed by atoms with Crippen molar-refractivity contribution in [3.8, 4) is 5.75 Å². The van der Waals surface area contributed by atoms with E-state index >= 15 is 0 Å². The van der Waals surface area contributed by atoms with E-state index < -0.39 is 0 Å². The first-order chi connectivity index (χ1) is 14.1. The molecule has 0 bridgehead atoms. The third kappa shape index (κ3) is 4.22. The molecule has 1 aliphatic heterocycles. The van der Waals surface area contributed by atoms with Crippen LogP contribution in [0, 0.1) is 0 Å². The Morgan fingerprint density at radius 2 is 1.83 bits per heavy atom. The van der Waals surface area contributed by atoms with Gasteiger partial charge in [-0.05, 0) is 41.8 Å². The summed E-state index contributed by atoms with van der Waals surface area (Å²) in [7, 11) is 1.58. The zero-order valence-electron chi connectivity index (χ0n) is 16.2. The lowest BCUT2D eigenvalue weighted by Gasteiger charge is -2.24. The minimum absolute atomic E-state index is 0.129. The summed E-state index contributed by atoms with van der Waals surface area (Å²) in [6.07, 6.45) is 3.57. The number of carbonyl (C=O) groups excluding carboxylic acids is 1. The number of imidazole rings is 1. The number of H-pyrrole nitrogens is 2. The molecule has 1 aromatic heterocycles. The zero-order valence-corrected chi connectivity index (χ0v) is 16.2. The van der Waals surface area contributed by atoms with E-state index in [1.165, 1.54) is 11.1 Å². The minimum atomic E-state index is -0.369. The van der Waals surface area contributed by atoms with Crippen molar-refractivity contribution < 1.29 is 9.53 Å². The maximum Gasteiger partial charge on any atom is 0.323 e. The SMILES string of the molecule is COc1ccc(C(=O)c2[nH]c(=O)[nH]c2CC2CC(c3ccccc3)=CCN2)cc1. The summed E-state index contributed by atoms with van der Waals surface area (Å²) in [4.78, 5) is 30.4. The Balaban J connectivity index is 1.53. The molecule has 0 saturated heterocycles. The van der Waals surface area contributed by atoms with Crippen LogP contribution in [0.25, 0.3) is 5.57 Å². The Labute approximate surface area is 168 Å². The number of benzene rings is 2. The van der Waals surface area contributed by atoms with Gasteiger partial charge in [0.05, 0.1) is 7.11 Å². The first-order valence-electron chi connectivity index (χ1n) is 9.62. The second-order valence-electron chi connectivity index (χ2n) is 7.10. The predicted molar refractivity (Wildman–Crippen MR) is 112 cm³/mol. The summed E-state index contributed by atoms with van der Waals surface area (Å²) < 4.78 is 5.14. The van der Waals surface area contributed by atoms with Crippen LogP contribution in [0.4, 0.5) is 0 Å². The molecule has 0 radical (unpaired) electrons. The molecule has 1 unspecified atom stereocenters. The van der Waals surface area contributed by atoms with Crippen LogP contribution in [-0.2, 0) is 6.42 Å². The van der Waals surface area contributed by atoms with E-state index in [-0.39, 0.29) is 17.5 Å². The van der Waals surface area contributed by atoms with Gasteiger partial charge in [-0.2, -0.15) is 0 Å². The lowest BCUT2D eigenvalue weighted by atomic mass is 9.92. The summed E-state index contributed by atoms with van der Waals surface area (Å²) in [6, 6.07) is 17.3. The Bertz CT molecular complexity index is 1080. The van der Waals surface area contributed by atoms with E-state index in [2.05, 4.69) is 33.5 Å². The normalized spacial score (nSPS) is 16.3. The second-order valence-corrected chi connectivity index (χ2v) is 7.10. The van der Waals surface area contributed by atoms with Crippen LogP contribution in [0.2, 0.25) is 0 Å². The van der Waals surface area contributed by atoms with Gasteiger partial charge >= 0.3 is 5.69 Å². The third-order valence-electron chi connectivity index (χ3n) is 5.20. The van der Waals surface area contributed by atoms with E-state index in [9.17, 15) is 9.59 Å². The molecule has 0 amide bonds. The lowest BCUT2D eigenvalue weighted by Crippen LogP contribution is -2.35. The summed E-state index contributed by atoms with van der Waals surface area (Å²) in [5.41, 5.74) is 3.56. The van der Waals surface area contributed by atoms with Crippen LogP contribution < -0.4 is 15.7 Å². The van der Waals surface area contributed by atoms with Crippen LogP contribution >= 0.6 is 0 Å². The van der Waals surface area contributed by atoms with Crippen LogP contribution in [0.1, 0.15) is 33.7 Å². The molecule has 2 heterocycles. The maximum absolute atomic E-state index is 12.9. The Hall–Kier alpha value is -3.38. The molecule has 0 saturated carbocycles. The molecule has 0 aliphatic carbocycles. The number of hydrogen-bond donors (Lipinski definition) is 3. The van der Waals surface area contributed by atoms with E-state index in [0.29, 0.717) is 29.1 Å². The molecular formula is C23H23N3O3. The van der Waals surface area contributed by atoms with Gasteiger partial charge in [-0.25, -0.2) is 4.79 Å². The van der Waals surface area contributed by atoms with Crippen molar-refractivity contribution in [2.75, 3.05) is 13.7 Å². The third-order valence-corrected chi connectivity index (χ3v) is 5.20. The number of hydrogen-bond acceptors (Lipinski definition) is 4. The van der Waals surface area contributed by atoms with Gasteiger partial charge < -0.3 is 20.0 Å². The molecule has 4 rings (SSSR count). The van der Waals surface area contributed by atoms with Crippen LogP contribution in [-0.4, -0.2) is 35.4 Å². The molecular weight excluding hydrogens is 366 g/mol. The van der Waals surface area contributed by atoms with Crippen molar-refractivity contribution in [3.63, 3.8) is 0 Å². The maximum atomic E-state index is 12.9. The molecule has 2 aromatic carbocycles. The highest BCUT2D eigenvalue weighted by Crippen LogP contribution is 2.24. The molecule has 0 spiro atoms. The number of carbonyl (C=O) groups is 1. The molecule has 1 atom stereocenters. The highest BCUT2D eigenvalue weighted by molar-refractivity contribution is 6.08. The van der Waals surface area contributed by atoms with E-state index in [1.807, 2.05) is 18.2 Å². The number of rotatable bonds is 6. The van der Waals surface area contributed by atoms with Crippen LogP contribution in [0.5, 0.6) is 5.75 Å². The second kappa shape index (κ2) is 8.32. The van der Waals surface area contributed by atoms with Gasteiger partial charge in [0.1, 0.15) is 11.4 Å². The van der Waals surface area contributed by atoms with Crippen LogP contribution in [0.3, 0.4) is 0 Å². The fourth-order valence-electron chi connectivity index (χ4n) is 3.70. The van der Waals surface area contributed by atoms with Gasteiger partial charge in [0, 0.05) is 30.3 Å². The smallest absolute Gasteiger partial charge is 0.323 e. The molecule has 6 heteroatoms. The van der Waals surface area contributed by atoms with Crippen molar-refractivity contribution in [1.82, 2.24) is 15.3 Å². The molecule has 148 valence electrons. The van der Waals surface area contributed by atoms with Crippen molar-refractivity contribution >= 4 is 11.4 Å². The molecule has 6 nitrogen and oxygen atoms in total. The lowest BCUT2D eigenvalue weighted by molar-refractivity contribution is 0.103. The number of nitrogens with one attached hydrogen (secondary N) is 3. The largest absolute Gasteiger partial charge is 0.497 e. The van der Waals surface area contributed by atoms with Crippen LogP contribution in [0.15, 0.2) is 65.5 Å². The Morgan fingerprint density at radius 1 is 1.07 bits per heavy atom. The standard InChI is InChI=1S/C23H23N3O3/c1-29-19-9-7-16(8-10-19)22(27)21-20(25-23(28)26-21)14-18-13-17(11-12-24-18)15-5-3-2-4-6-15/h2-11,18,24H,12-14H2,1H3,(H2,25,26,28). The Morgan fingerprint density at radius 3 is 2.55 bits per heavy atom. The number of ether oxygens (including phenoxy) is 1. The monoisotopic (exact) mass is 389 g/mol. The van der Waals surface area contributed by atoms with Gasteiger partial charge in [-0.15, -0.1) is 0 Å². The Kier molecular flexibility index (Phi) is 5.44. The minimum Gasteiger partial charge on any atom is -0.497 e. The number of methoxy groups -OCH3 is 1. The average Bonchev–Trinajstić information content (AvgIpc) is 3.14. The van der Waals surface area contributed by atoms with Gasteiger partial charge in [0.2, 0.25) is 5.78 Å². The summed E-state index contributed by atoms with van der Waals surface area (Å²) >= 11 is 0. The summed E-state index contributed by atoms with van der Waals surface area (Å²) in [5.74, 6) is 0.464. The molecule has 3 aromatic rings. The van der Waals surface area contributed by atoms with Gasteiger partial charge in [-0.3, -0.25) is 4.79 Å². The highest BCUT2D eigenvalue weighted by Gasteiger charge is 2.22. The summed E-state index contributed by atoms with van der Waals surface area (Å²) in [5, 5.41) is 3.46. The predicted octanol–water partition coefficient (Wildman–Crippen LogP) is 2.93. The van der Waals surface area contributed by atoms with Gasteiger partial charge in [0.15, 0.2) is 0 Å². The number of aromatic amines is 2. The fourth-order valence-corrected chi connectivity index (χ4v) is 3.70. The quantitative estimate of drug-likeness (QED) is 0.566. The van der Waals surface area contributed by atoms with Crippen molar-refractivity contribution in [2.24, 2.45) is 0 Å². The number of aromatic nitrogens is 2. The van der Waals surface area contributed by atoms with Crippen molar-refractivity contribution in [2.45, 2.75) is 18.9 Å². The number of ketones is 1. The van der Waals surface area contributed by atoms with E-state index in [4.69, 9.17) is 4.74 Å². The topological polar surface area (TPSA) is 87.0 Å². The molecule has 29 heavy (non-hydrogen) atoms. The molecule has 1 aliphatic rings. The first-order valence-corrected chi connectivity index (χ1v) is 9.62. The van der Waals surface area contributed by atoms with Gasteiger partial charge in [-0.1, -0.05) is 36.4 Å². The fraction of sp³-hybridized carbons (Fsp3) is 0.217. The average molecular weight is 389 g/mol.